The van der Waals surface area contributed by atoms with Crippen molar-refractivity contribution in [3.05, 3.63) is 59.3 Å². The number of hydrogen-bond donors (Lipinski definition) is 2. The van der Waals surface area contributed by atoms with Gasteiger partial charge in [0.2, 0.25) is 11.9 Å². The average molecular weight is 404 g/mol. The fraction of sp³-hybridized carbons (Fsp3) is 0.333. The first-order chi connectivity index (χ1) is 14.5. The minimum absolute atomic E-state index is 0.0140. The number of nitrogens with one attached hydrogen (secondary N) is 2. The zero-order valence-electron chi connectivity index (χ0n) is 17.3. The smallest absolute Gasteiger partial charge is 0.246 e. The molecule has 1 saturated heterocycles. The molecule has 4 heterocycles. The van der Waals surface area contributed by atoms with Crippen LogP contribution in [0.15, 0.2) is 30.7 Å². The number of nitrogens with zero attached hydrogens (tertiary/aromatic N) is 6. The lowest BCUT2D eigenvalue weighted by Crippen LogP contribution is -2.26. The largest absolute Gasteiger partial charge is 0.345 e. The predicted molar refractivity (Wildman–Crippen MR) is 113 cm³/mol. The van der Waals surface area contributed by atoms with Crippen LogP contribution < -0.4 is 5.32 Å². The standard InChI is InChI=1S/C21H24N8O/c1-13-8-14(2)25-21(24-13)28-19-9-18(26-15(3)27-19)16-6-7-29(11-16)20(30)5-4-17-10-22-12-23-17/h4-5,8-10,12,16H,6-7,11H2,1-3H3,(H,22,23)(H,24,25,26,27,28)/b5-4+/t16-/m1/s1. The highest BCUT2D eigenvalue weighted by molar-refractivity contribution is 5.91. The van der Waals surface area contributed by atoms with Crippen LogP contribution in [0.1, 0.15) is 40.9 Å². The van der Waals surface area contributed by atoms with Gasteiger partial charge in [-0.3, -0.25) is 4.79 Å². The lowest BCUT2D eigenvalue weighted by Gasteiger charge is -2.15. The molecule has 1 fully saturated rings. The van der Waals surface area contributed by atoms with Crippen molar-refractivity contribution < 1.29 is 4.79 Å². The molecule has 0 bridgehead atoms. The molecule has 3 aromatic heterocycles. The molecular formula is C21H24N8O. The summed E-state index contributed by atoms with van der Waals surface area (Å²) in [6.07, 6.45) is 7.44. The zero-order valence-corrected chi connectivity index (χ0v) is 17.3. The van der Waals surface area contributed by atoms with Crippen LogP contribution in [0.3, 0.4) is 0 Å². The molecule has 1 amide bonds. The Bertz CT molecular complexity index is 1060. The lowest BCUT2D eigenvalue weighted by molar-refractivity contribution is -0.124. The van der Waals surface area contributed by atoms with Crippen LogP contribution in [-0.4, -0.2) is 53.8 Å². The Kier molecular flexibility index (Phi) is 5.51. The van der Waals surface area contributed by atoms with E-state index in [0.717, 1.165) is 29.2 Å². The normalized spacial score (nSPS) is 16.4. The van der Waals surface area contributed by atoms with Crippen molar-refractivity contribution in [2.24, 2.45) is 0 Å². The quantitative estimate of drug-likeness (QED) is 0.629. The number of rotatable bonds is 5. The van der Waals surface area contributed by atoms with Gasteiger partial charge in [0.25, 0.3) is 0 Å². The van der Waals surface area contributed by atoms with Gasteiger partial charge in [0, 0.05) is 42.5 Å². The number of carbonyl (C=O) groups excluding carboxylic acids is 1. The molecule has 2 N–H and O–H groups in total. The molecule has 0 spiro atoms. The summed E-state index contributed by atoms with van der Waals surface area (Å²) in [5, 5.41) is 3.19. The molecule has 0 radical (unpaired) electrons. The van der Waals surface area contributed by atoms with Crippen LogP contribution >= 0.6 is 0 Å². The number of likely N-dealkylation sites (tertiary alicyclic amines) is 1. The summed E-state index contributed by atoms with van der Waals surface area (Å²) in [5.74, 6) is 2.00. The third-order valence-corrected chi connectivity index (χ3v) is 4.92. The highest BCUT2D eigenvalue weighted by atomic mass is 16.2. The van der Waals surface area contributed by atoms with E-state index in [0.29, 0.717) is 30.7 Å². The van der Waals surface area contributed by atoms with E-state index in [1.165, 1.54) is 0 Å². The Morgan fingerprint density at radius 2 is 1.97 bits per heavy atom. The maximum atomic E-state index is 12.5. The molecular weight excluding hydrogens is 380 g/mol. The summed E-state index contributed by atoms with van der Waals surface area (Å²) >= 11 is 0. The Balaban J connectivity index is 1.46. The average Bonchev–Trinajstić information content (AvgIpc) is 3.37. The molecule has 0 aliphatic carbocycles. The van der Waals surface area contributed by atoms with Crippen LogP contribution in [0.25, 0.3) is 6.08 Å². The highest BCUT2D eigenvalue weighted by Crippen LogP contribution is 2.28. The SMILES string of the molecule is Cc1cc(C)nc(Nc2cc([C@@H]3CCN(C(=O)/C=C/c4cnc[nH]4)C3)nc(C)n2)n1. The minimum atomic E-state index is -0.0140. The third-order valence-electron chi connectivity index (χ3n) is 4.92. The summed E-state index contributed by atoms with van der Waals surface area (Å²) in [6.45, 7) is 7.05. The number of aromatic nitrogens is 6. The van der Waals surface area contributed by atoms with E-state index >= 15 is 0 Å². The molecule has 9 nitrogen and oxygen atoms in total. The number of imidazole rings is 1. The molecule has 9 heteroatoms. The van der Waals surface area contributed by atoms with Crippen LogP contribution in [0.5, 0.6) is 0 Å². The fourth-order valence-corrected chi connectivity index (χ4v) is 3.59. The molecule has 3 aromatic rings. The number of H-pyrrole nitrogens is 1. The van der Waals surface area contributed by atoms with E-state index in [1.54, 1.807) is 24.7 Å². The summed E-state index contributed by atoms with van der Waals surface area (Å²) < 4.78 is 0. The second-order valence-electron chi connectivity index (χ2n) is 7.43. The van der Waals surface area contributed by atoms with Crippen molar-refractivity contribution in [3.8, 4) is 0 Å². The van der Waals surface area contributed by atoms with Gasteiger partial charge in [-0.05, 0) is 39.3 Å². The molecule has 0 saturated carbocycles. The lowest BCUT2D eigenvalue weighted by atomic mass is 10.0. The van der Waals surface area contributed by atoms with Crippen molar-refractivity contribution in [3.63, 3.8) is 0 Å². The third kappa shape index (κ3) is 4.68. The number of carbonyl (C=O) groups is 1. The second-order valence-corrected chi connectivity index (χ2v) is 7.43. The van der Waals surface area contributed by atoms with E-state index in [9.17, 15) is 4.79 Å². The summed E-state index contributed by atoms with van der Waals surface area (Å²) in [6, 6.07) is 3.85. The van der Waals surface area contributed by atoms with Gasteiger partial charge in [0.1, 0.15) is 11.6 Å². The van der Waals surface area contributed by atoms with Gasteiger partial charge in [-0.2, -0.15) is 0 Å². The molecule has 1 atom stereocenters. The number of hydrogen-bond acceptors (Lipinski definition) is 7. The number of amides is 1. The first-order valence-corrected chi connectivity index (χ1v) is 9.86. The van der Waals surface area contributed by atoms with E-state index in [4.69, 9.17) is 0 Å². The fourth-order valence-electron chi connectivity index (χ4n) is 3.59. The minimum Gasteiger partial charge on any atom is -0.345 e. The van der Waals surface area contributed by atoms with E-state index in [2.05, 4.69) is 35.2 Å². The van der Waals surface area contributed by atoms with Crippen LogP contribution in [0, 0.1) is 20.8 Å². The summed E-state index contributed by atoms with van der Waals surface area (Å²) in [5.41, 5.74) is 3.50. The van der Waals surface area contributed by atoms with Crippen LogP contribution in [0.4, 0.5) is 11.8 Å². The molecule has 1 aliphatic heterocycles. The van der Waals surface area contributed by atoms with Gasteiger partial charge < -0.3 is 15.2 Å². The Morgan fingerprint density at radius 1 is 1.17 bits per heavy atom. The number of aromatic amines is 1. The van der Waals surface area contributed by atoms with E-state index < -0.39 is 0 Å². The highest BCUT2D eigenvalue weighted by Gasteiger charge is 2.27. The summed E-state index contributed by atoms with van der Waals surface area (Å²) in [7, 11) is 0. The molecule has 0 aromatic carbocycles. The maximum Gasteiger partial charge on any atom is 0.246 e. The van der Waals surface area contributed by atoms with Gasteiger partial charge in [0.15, 0.2) is 0 Å². The second kappa shape index (κ2) is 8.40. The van der Waals surface area contributed by atoms with Crippen molar-refractivity contribution in [1.82, 2.24) is 34.8 Å². The number of aryl methyl sites for hydroxylation is 3. The Labute approximate surface area is 174 Å². The van der Waals surface area contributed by atoms with E-state index in [-0.39, 0.29) is 11.8 Å². The van der Waals surface area contributed by atoms with Crippen molar-refractivity contribution in [1.29, 1.82) is 0 Å². The topological polar surface area (TPSA) is 113 Å². The predicted octanol–water partition coefficient (Wildman–Crippen LogP) is 2.69. The maximum absolute atomic E-state index is 12.5. The van der Waals surface area contributed by atoms with Crippen molar-refractivity contribution in [2.75, 3.05) is 18.4 Å². The van der Waals surface area contributed by atoms with Gasteiger partial charge in [-0.15, -0.1) is 0 Å². The molecule has 154 valence electrons. The van der Waals surface area contributed by atoms with E-state index in [1.807, 2.05) is 37.8 Å². The molecule has 0 unspecified atom stereocenters. The summed E-state index contributed by atoms with van der Waals surface area (Å²) in [4.78, 5) is 39.1. The molecule has 1 aliphatic rings. The Hall–Kier alpha value is -3.62. The van der Waals surface area contributed by atoms with Crippen LogP contribution in [-0.2, 0) is 4.79 Å². The van der Waals surface area contributed by atoms with Gasteiger partial charge in [-0.25, -0.2) is 24.9 Å². The van der Waals surface area contributed by atoms with Crippen LogP contribution in [0.2, 0.25) is 0 Å². The first kappa shape index (κ1) is 19.7. The zero-order chi connectivity index (χ0) is 21.1. The van der Waals surface area contributed by atoms with Gasteiger partial charge in [-0.1, -0.05) is 0 Å². The van der Waals surface area contributed by atoms with Crippen molar-refractivity contribution >= 4 is 23.7 Å². The first-order valence-electron chi connectivity index (χ1n) is 9.86. The van der Waals surface area contributed by atoms with Gasteiger partial charge in [0.05, 0.1) is 23.9 Å². The monoisotopic (exact) mass is 404 g/mol. The number of anilines is 2. The Morgan fingerprint density at radius 3 is 2.70 bits per heavy atom. The molecule has 30 heavy (non-hydrogen) atoms. The van der Waals surface area contributed by atoms with Crippen molar-refractivity contribution in [2.45, 2.75) is 33.1 Å². The van der Waals surface area contributed by atoms with Gasteiger partial charge >= 0.3 is 0 Å². The molecule has 4 rings (SSSR count).